The lowest BCUT2D eigenvalue weighted by Crippen LogP contribution is -2.51. The van der Waals surface area contributed by atoms with E-state index in [9.17, 15) is 9.90 Å². The summed E-state index contributed by atoms with van der Waals surface area (Å²) in [4.78, 5) is 14.0. The van der Waals surface area contributed by atoms with Gasteiger partial charge in [-0.3, -0.25) is 4.79 Å². The van der Waals surface area contributed by atoms with Crippen molar-refractivity contribution in [3.05, 3.63) is 24.2 Å². The molecule has 3 rings (SSSR count). The first-order valence-electron chi connectivity index (χ1n) is 8.01. The molecule has 0 bridgehead atoms. The van der Waals surface area contributed by atoms with Gasteiger partial charge in [0, 0.05) is 25.2 Å². The summed E-state index contributed by atoms with van der Waals surface area (Å²) in [5, 5.41) is 13.6. The highest BCUT2D eigenvalue weighted by atomic mass is 16.3. The second-order valence-electron chi connectivity index (χ2n) is 6.17. The number of hydrogen-bond acceptors (Lipinski definition) is 4. The van der Waals surface area contributed by atoms with Crippen molar-refractivity contribution in [2.45, 2.75) is 56.7 Å². The van der Waals surface area contributed by atoms with Crippen molar-refractivity contribution in [2.75, 3.05) is 13.1 Å². The summed E-state index contributed by atoms with van der Waals surface area (Å²) in [6.45, 7) is 1.50. The van der Waals surface area contributed by atoms with Crippen LogP contribution in [-0.2, 0) is 0 Å². The zero-order chi connectivity index (χ0) is 14.7. The van der Waals surface area contributed by atoms with Crippen LogP contribution in [0.4, 0.5) is 0 Å². The van der Waals surface area contributed by atoms with Crippen LogP contribution in [0.1, 0.15) is 49.1 Å². The molecule has 5 nitrogen and oxygen atoms in total. The third kappa shape index (κ3) is 3.47. The lowest BCUT2D eigenvalue weighted by atomic mass is 9.91. The molecule has 2 heterocycles. The van der Waals surface area contributed by atoms with Gasteiger partial charge in [-0.25, -0.2) is 0 Å². The summed E-state index contributed by atoms with van der Waals surface area (Å²) >= 11 is 0. The molecule has 0 aromatic carbocycles. The van der Waals surface area contributed by atoms with Gasteiger partial charge in [0.15, 0.2) is 5.76 Å². The van der Waals surface area contributed by atoms with Gasteiger partial charge in [0.05, 0.1) is 12.4 Å². The van der Waals surface area contributed by atoms with Gasteiger partial charge in [0.2, 0.25) is 0 Å². The number of amides is 1. The Morgan fingerprint density at radius 2 is 2.00 bits per heavy atom. The van der Waals surface area contributed by atoms with Crippen molar-refractivity contribution < 1.29 is 14.3 Å². The van der Waals surface area contributed by atoms with Gasteiger partial charge in [-0.2, -0.15) is 0 Å². The first-order chi connectivity index (χ1) is 10.2. The van der Waals surface area contributed by atoms with Crippen LogP contribution in [0.25, 0.3) is 0 Å². The third-order valence-electron chi connectivity index (χ3n) is 4.69. The van der Waals surface area contributed by atoms with E-state index >= 15 is 0 Å². The molecule has 1 saturated heterocycles. The van der Waals surface area contributed by atoms with Crippen molar-refractivity contribution in [1.29, 1.82) is 0 Å². The van der Waals surface area contributed by atoms with Gasteiger partial charge in [-0.15, -0.1) is 0 Å². The van der Waals surface area contributed by atoms with Crippen LogP contribution in [0.2, 0.25) is 0 Å². The maximum Gasteiger partial charge on any atom is 0.289 e. The van der Waals surface area contributed by atoms with Gasteiger partial charge >= 0.3 is 0 Å². The quantitative estimate of drug-likeness (QED) is 0.891. The molecule has 1 aromatic rings. The minimum atomic E-state index is -0.207. The minimum absolute atomic E-state index is 0.0175. The number of aliphatic hydroxyl groups is 1. The van der Waals surface area contributed by atoms with E-state index in [1.807, 2.05) is 4.90 Å². The molecule has 2 unspecified atom stereocenters. The van der Waals surface area contributed by atoms with Crippen LogP contribution in [0.3, 0.4) is 0 Å². The molecule has 2 fully saturated rings. The number of piperidine rings is 1. The molecule has 21 heavy (non-hydrogen) atoms. The number of hydrogen-bond donors (Lipinski definition) is 2. The number of aliphatic hydroxyl groups excluding tert-OH is 1. The Hall–Kier alpha value is -1.33. The number of nitrogens with zero attached hydrogens (tertiary/aromatic N) is 1. The minimum Gasteiger partial charge on any atom is -0.459 e. The number of carbonyl (C=O) groups is 1. The van der Waals surface area contributed by atoms with E-state index in [0.29, 0.717) is 11.8 Å². The predicted molar refractivity (Wildman–Crippen MR) is 79.0 cm³/mol. The Bertz CT molecular complexity index is 452. The average molecular weight is 292 g/mol. The molecular weight excluding hydrogens is 268 g/mol. The fraction of sp³-hybridized carbons (Fsp3) is 0.688. The fourth-order valence-electron chi connectivity index (χ4n) is 3.41. The molecule has 1 saturated carbocycles. The monoisotopic (exact) mass is 292 g/mol. The Balaban J connectivity index is 1.47. The highest BCUT2D eigenvalue weighted by Gasteiger charge is 2.29. The maximum atomic E-state index is 12.2. The van der Waals surface area contributed by atoms with Gasteiger partial charge in [0.25, 0.3) is 5.91 Å². The Labute approximate surface area is 125 Å². The van der Waals surface area contributed by atoms with Gasteiger partial charge in [0.1, 0.15) is 0 Å². The molecule has 1 amide bonds. The van der Waals surface area contributed by atoms with Crippen LogP contribution < -0.4 is 5.32 Å². The summed E-state index contributed by atoms with van der Waals surface area (Å²) in [5.74, 6) is 0.403. The van der Waals surface area contributed by atoms with Crippen LogP contribution in [0, 0.1) is 0 Å². The molecular formula is C16H24N2O3. The summed E-state index contributed by atoms with van der Waals surface area (Å²) in [6, 6.07) is 4.09. The van der Waals surface area contributed by atoms with Crippen molar-refractivity contribution in [3.63, 3.8) is 0 Å². The standard InChI is InChI=1S/C16H24N2O3/c19-14-5-2-1-4-13(14)17-12-7-9-18(10-8-12)16(20)15-6-3-11-21-15/h3,6,11-14,17,19H,1-2,4-5,7-10H2. The van der Waals surface area contributed by atoms with Gasteiger partial charge in [-0.1, -0.05) is 12.8 Å². The van der Waals surface area contributed by atoms with Crippen molar-refractivity contribution in [1.82, 2.24) is 10.2 Å². The van der Waals surface area contributed by atoms with Crippen LogP contribution >= 0.6 is 0 Å². The first kappa shape index (κ1) is 14.6. The van der Waals surface area contributed by atoms with Crippen molar-refractivity contribution in [3.8, 4) is 0 Å². The fourth-order valence-corrected chi connectivity index (χ4v) is 3.41. The van der Waals surface area contributed by atoms with Gasteiger partial charge in [-0.05, 0) is 37.8 Å². The average Bonchev–Trinajstić information content (AvgIpc) is 3.04. The SMILES string of the molecule is O=C(c1ccco1)N1CCC(NC2CCCCC2O)CC1. The normalized spacial score (nSPS) is 27.8. The van der Waals surface area contributed by atoms with E-state index < -0.39 is 0 Å². The second kappa shape index (κ2) is 6.62. The predicted octanol–water partition coefficient (Wildman–Crippen LogP) is 1.78. The molecule has 1 aliphatic heterocycles. The first-order valence-corrected chi connectivity index (χ1v) is 8.01. The molecule has 1 aromatic heterocycles. The van der Waals surface area contributed by atoms with E-state index in [-0.39, 0.29) is 18.1 Å². The van der Waals surface area contributed by atoms with E-state index in [1.165, 1.54) is 12.7 Å². The maximum absolute atomic E-state index is 12.2. The summed E-state index contributed by atoms with van der Waals surface area (Å²) in [5.41, 5.74) is 0. The van der Waals surface area contributed by atoms with E-state index in [1.54, 1.807) is 12.1 Å². The Kier molecular flexibility index (Phi) is 4.60. The lowest BCUT2D eigenvalue weighted by molar-refractivity contribution is 0.0604. The van der Waals surface area contributed by atoms with Crippen LogP contribution in [0.5, 0.6) is 0 Å². The van der Waals surface area contributed by atoms with Crippen LogP contribution in [0.15, 0.2) is 22.8 Å². The summed E-state index contributed by atoms with van der Waals surface area (Å²) < 4.78 is 5.17. The molecule has 0 spiro atoms. The highest BCUT2D eigenvalue weighted by molar-refractivity contribution is 5.91. The molecule has 0 radical (unpaired) electrons. The Morgan fingerprint density at radius 3 is 2.67 bits per heavy atom. The van der Waals surface area contributed by atoms with E-state index in [0.717, 1.165) is 45.2 Å². The zero-order valence-electron chi connectivity index (χ0n) is 12.3. The summed E-state index contributed by atoms with van der Waals surface area (Å²) in [7, 11) is 0. The number of rotatable bonds is 3. The van der Waals surface area contributed by atoms with Crippen molar-refractivity contribution >= 4 is 5.91 Å². The lowest BCUT2D eigenvalue weighted by Gasteiger charge is -2.37. The van der Waals surface area contributed by atoms with E-state index in [2.05, 4.69) is 5.32 Å². The summed E-state index contributed by atoms with van der Waals surface area (Å²) in [6.07, 6.45) is 7.51. The molecule has 5 heteroatoms. The molecule has 116 valence electrons. The highest BCUT2D eigenvalue weighted by Crippen LogP contribution is 2.21. The van der Waals surface area contributed by atoms with Crippen LogP contribution in [-0.4, -0.2) is 47.2 Å². The molecule has 2 atom stereocenters. The number of furan rings is 1. The molecule has 2 aliphatic rings. The smallest absolute Gasteiger partial charge is 0.289 e. The molecule has 2 N–H and O–H groups in total. The second-order valence-corrected chi connectivity index (χ2v) is 6.17. The molecule has 1 aliphatic carbocycles. The number of carbonyl (C=O) groups excluding carboxylic acids is 1. The van der Waals surface area contributed by atoms with Crippen molar-refractivity contribution in [2.24, 2.45) is 0 Å². The number of likely N-dealkylation sites (tertiary alicyclic amines) is 1. The third-order valence-corrected chi connectivity index (χ3v) is 4.69. The zero-order valence-corrected chi connectivity index (χ0v) is 12.3. The van der Waals surface area contributed by atoms with E-state index in [4.69, 9.17) is 4.42 Å². The topological polar surface area (TPSA) is 65.7 Å². The number of nitrogens with one attached hydrogen (secondary N) is 1. The van der Waals surface area contributed by atoms with Gasteiger partial charge < -0.3 is 19.7 Å². The largest absolute Gasteiger partial charge is 0.459 e. The Morgan fingerprint density at radius 1 is 1.24 bits per heavy atom.